The second-order valence-corrected chi connectivity index (χ2v) is 3.23. The number of allylic oxidation sites excluding steroid dienone is 1. The van der Waals surface area contributed by atoms with Gasteiger partial charge in [-0.2, -0.15) is 5.26 Å². The number of alkyl halides is 1. The molecule has 0 aliphatic heterocycles. The third-order valence-corrected chi connectivity index (χ3v) is 2.41. The van der Waals surface area contributed by atoms with Crippen molar-refractivity contribution >= 4 is 21.5 Å². The number of rotatable bonds is 3. The van der Waals surface area contributed by atoms with Gasteiger partial charge in [0.25, 0.3) is 0 Å². The second-order valence-electron chi connectivity index (χ2n) is 2.67. The number of nitriles is 1. The van der Waals surface area contributed by atoms with Crippen LogP contribution in [0.2, 0.25) is 0 Å². The Hall–Kier alpha value is -1.27. The molecule has 0 fully saturated rings. The summed E-state index contributed by atoms with van der Waals surface area (Å²) in [5.41, 5.74) is 2.54. The fourth-order valence-electron chi connectivity index (χ4n) is 1.17. The SMILES string of the molecule is COC=C(C#N)c1ccccc1CBr. The van der Waals surface area contributed by atoms with Crippen LogP contribution < -0.4 is 0 Å². The highest BCUT2D eigenvalue weighted by Gasteiger charge is 2.05. The molecule has 2 nitrogen and oxygen atoms in total. The number of benzene rings is 1. The van der Waals surface area contributed by atoms with Crippen molar-refractivity contribution < 1.29 is 4.74 Å². The molecule has 0 amide bonds. The van der Waals surface area contributed by atoms with E-state index in [1.54, 1.807) is 0 Å². The maximum atomic E-state index is 8.92. The normalized spacial score (nSPS) is 10.8. The first-order valence-corrected chi connectivity index (χ1v) is 5.23. The molecule has 72 valence electrons. The zero-order valence-corrected chi connectivity index (χ0v) is 9.41. The summed E-state index contributed by atoms with van der Waals surface area (Å²) in [6.07, 6.45) is 1.46. The van der Waals surface area contributed by atoms with E-state index in [9.17, 15) is 0 Å². The summed E-state index contributed by atoms with van der Waals surface area (Å²) >= 11 is 3.38. The van der Waals surface area contributed by atoms with Crippen molar-refractivity contribution in [3.63, 3.8) is 0 Å². The number of ether oxygens (including phenoxy) is 1. The van der Waals surface area contributed by atoms with Gasteiger partial charge in [0.2, 0.25) is 0 Å². The minimum Gasteiger partial charge on any atom is -0.503 e. The third kappa shape index (κ3) is 2.36. The first kappa shape index (κ1) is 10.8. The molecule has 1 rings (SSSR count). The summed E-state index contributed by atoms with van der Waals surface area (Å²) in [5.74, 6) is 0. The van der Waals surface area contributed by atoms with E-state index in [0.717, 1.165) is 16.5 Å². The predicted molar refractivity (Wildman–Crippen MR) is 59.7 cm³/mol. The van der Waals surface area contributed by atoms with Crippen LogP contribution in [0.3, 0.4) is 0 Å². The molecule has 0 heterocycles. The number of hydrogen-bond donors (Lipinski definition) is 0. The van der Waals surface area contributed by atoms with E-state index >= 15 is 0 Å². The summed E-state index contributed by atoms with van der Waals surface area (Å²) in [6.45, 7) is 0. The molecule has 0 N–H and O–H groups in total. The number of nitrogens with zero attached hydrogens (tertiary/aromatic N) is 1. The molecule has 3 heteroatoms. The smallest absolute Gasteiger partial charge is 0.103 e. The average Bonchev–Trinajstić information content (AvgIpc) is 2.26. The minimum absolute atomic E-state index is 0.544. The van der Waals surface area contributed by atoms with Crippen molar-refractivity contribution in [1.29, 1.82) is 5.26 Å². The van der Waals surface area contributed by atoms with Crippen LogP contribution in [0.15, 0.2) is 30.5 Å². The monoisotopic (exact) mass is 251 g/mol. The lowest BCUT2D eigenvalue weighted by molar-refractivity contribution is 0.340. The van der Waals surface area contributed by atoms with Crippen molar-refractivity contribution in [2.45, 2.75) is 5.33 Å². The summed E-state index contributed by atoms with van der Waals surface area (Å²) in [5, 5.41) is 9.65. The van der Waals surface area contributed by atoms with Crippen LogP contribution in [0.25, 0.3) is 5.57 Å². The van der Waals surface area contributed by atoms with Crippen molar-refractivity contribution in [3.8, 4) is 6.07 Å². The molecule has 0 unspecified atom stereocenters. The Labute approximate surface area is 91.9 Å². The van der Waals surface area contributed by atoms with Gasteiger partial charge >= 0.3 is 0 Å². The molecular weight excluding hydrogens is 242 g/mol. The summed E-state index contributed by atoms with van der Waals surface area (Å²) in [7, 11) is 1.54. The number of hydrogen-bond acceptors (Lipinski definition) is 2. The van der Waals surface area contributed by atoms with Crippen molar-refractivity contribution in [3.05, 3.63) is 41.7 Å². The highest BCUT2D eigenvalue weighted by molar-refractivity contribution is 9.08. The second kappa shape index (κ2) is 5.46. The van der Waals surface area contributed by atoms with Crippen LogP contribution in [0.1, 0.15) is 11.1 Å². The van der Waals surface area contributed by atoms with Crippen LogP contribution in [-0.4, -0.2) is 7.11 Å². The van der Waals surface area contributed by atoms with E-state index in [4.69, 9.17) is 10.00 Å². The maximum Gasteiger partial charge on any atom is 0.103 e. The van der Waals surface area contributed by atoms with Crippen LogP contribution in [0.4, 0.5) is 0 Å². The molecule has 14 heavy (non-hydrogen) atoms. The lowest BCUT2D eigenvalue weighted by Crippen LogP contribution is -1.89. The van der Waals surface area contributed by atoms with E-state index in [-0.39, 0.29) is 0 Å². The Morgan fingerprint density at radius 2 is 2.29 bits per heavy atom. The van der Waals surface area contributed by atoms with E-state index in [2.05, 4.69) is 22.0 Å². The first-order valence-electron chi connectivity index (χ1n) is 4.10. The Kier molecular flexibility index (Phi) is 4.21. The minimum atomic E-state index is 0.544. The highest BCUT2D eigenvalue weighted by Crippen LogP contribution is 2.20. The largest absolute Gasteiger partial charge is 0.503 e. The lowest BCUT2D eigenvalue weighted by Gasteiger charge is -2.04. The van der Waals surface area contributed by atoms with Crippen molar-refractivity contribution in [2.24, 2.45) is 0 Å². The van der Waals surface area contributed by atoms with Crippen LogP contribution in [-0.2, 0) is 10.1 Å². The van der Waals surface area contributed by atoms with Gasteiger partial charge in [0.15, 0.2) is 0 Å². The number of methoxy groups -OCH3 is 1. The van der Waals surface area contributed by atoms with E-state index in [0.29, 0.717) is 5.57 Å². The van der Waals surface area contributed by atoms with Gasteiger partial charge in [-0.05, 0) is 11.1 Å². The van der Waals surface area contributed by atoms with Gasteiger partial charge in [0.05, 0.1) is 12.7 Å². The molecule has 0 spiro atoms. The first-order chi connectivity index (χ1) is 6.83. The molecule has 1 aromatic carbocycles. The Morgan fingerprint density at radius 1 is 1.57 bits per heavy atom. The fourth-order valence-corrected chi connectivity index (χ4v) is 1.66. The Morgan fingerprint density at radius 3 is 2.86 bits per heavy atom. The van der Waals surface area contributed by atoms with E-state index < -0.39 is 0 Å². The lowest BCUT2D eigenvalue weighted by atomic mass is 10.0. The van der Waals surface area contributed by atoms with E-state index in [1.807, 2.05) is 24.3 Å². The molecule has 0 atom stereocenters. The fraction of sp³-hybridized carbons (Fsp3) is 0.182. The summed E-state index contributed by atoms with van der Waals surface area (Å²) in [4.78, 5) is 0. The van der Waals surface area contributed by atoms with Gasteiger partial charge in [-0.1, -0.05) is 40.2 Å². The van der Waals surface area contributed by atoms with Gasteiger partial charge in [0, 0.05) is 5.33 Å². The van der Waals surface area contributed by atoms with E-state index in [1.165, 1.54) is 13.4 Å². The third-order valence-electron chi connectivity index (χ3n) is 1.81. The summed E-state index contributed by atoms with van der Waals surface area (Å²) in [6, 6.07) is 9.85. The van der Waals surface area contributed by atoms with Crippen LogP contribution >= 0.6 is 15.9 Å². The number of halogens is 1. The summed E-state index contributed by atoms with van der Waals surface area (Å²) < 4.78 is 4.85. The standard InChI is InChI=1S/C11H10BrNO/c1-14-8-10(7-13)11-5-3-2-4-9(11)6-12/h2-5,8H,6H2,1H3. The zero-order chi connectivity index (χ0) is 10.4. The van der Waals surface area contributed by atoms with Crippen molar-refractivity contribution in [2.75, 3.05) is 7.11 Å². The van der Waals surface area contributed by atoms with Gasteiger partial charge in [-0.25, -0.2) is 0 Å². The van der Waals surface area contributed by atoms with Crippen LogP contribution in [0.5, 0.6) is 0 Å². The van der Waals surface area contributed by atoms with Gasteiger partial charge in [-0.15, -0.1) is 0 Å². The predicted octanol–water partition coefficient (Wildman–Crippen LogP) is 3.09. The Bertz CT molecular complexity index is 379. The molecule has 0 saturated heterocycles. The van der Waals surface area contributed by atoms with Crippen LogP contribution in [0, 0.1) is 11.3 Å². The van der Waals surface area contributed by atoms with Gasteiger partial charge < -0.3 is 4.74 Å². The van der Waals surface area contributed by atoms with Gasteiger partial charge in [0.1, 0.15) is 12.3 Å². The molecule has 0 saturated carbocycles. The molecule has 0 aliphatic carbocycles. The molecule has 1 aromatic rings. The van der Waals surface area contributed by atoms with Gasteiger partial charge in [-0.3, -0.25) is 0 Å². The average molecular weight is 252 g/mol. The molecule has 0 bridgehead atoms. The highest BCUT2D eigenvalue weighted by atomic mass is 79.9. The molecule has 0 aromatic heterocycles. The molecule has 0 aliphatic rings. The quantitative estimate of drug-likeness (QED) is 0.470. The topological polar surface area (TPSA) is 33.0 Å². The maximum absolute atomic E-state index is 8.92. The molecular formula is C11H10BrNO. The van der Waals surface area contributed by atoms with Crippen molar-refractivity contribution in [1.82, 2.24) is 0 Å². The molecule has 0 radical (unpaired) electrons. The Balaban J connectivity index is 3.17. The zero-order valence-electron chi connectivity index (χ0n) is 7.83.